The molecule has 0 amide bonds. The Hall–Kier alpha value is -1.72. The molecule has 0 radical (unpaired) electrons. The normalized spacial score (nSPS) is 12.8. The molecule has 0 heterocycles. The zero-order valence-corrected chi connectivity index (χ0v) is 11.6. The summed E-state index contributed by atoms with van der Waals surface area (Å²) in [5.74, 6) is -1.49. The van der Waals surface area contributed by atoms with E-state index in [-0.39, 0.29) is 12.7 Å². The van der Waals surface area contributed by atoms with E-state index in [9.17, 15) is 9.18 Å². The highest BCUT2D eigenvalue weighted by Gasteiger charge is 2.06. The molecule has 1 aromatic rings. The van der Waals surface area contributed by atoms with Gasteiger partial charge in [-0.2, -0.15) is 0 Å². The van der Waals surface area contributed by atoms with Gasteiger partial charge in [0.05, 0.1) is 19.3 Å². The van der Waals surface area contributed by atoms with Crippen LogP contribution in [-0.2, 0) is 20.9 Å². The summed E-state index contributed by atoms with van der Waals surface area (Å²) < 4.78 is 24.0. The van der Waals surface area contributed by atoms with Crippen molar-refractivity contribution < 1.29 is 23.8 Å². The zero-order chi connectivity index (χ0) is 15.0. The molecule has 0 aliphatic rings. The van der Waals surface area contributed by atoms with Crippen LogP contribution < -0.4 is 0 Å². The summed E-state index contributed by atoms with van der Waals surface area (Å²) >= 11 is 0. The van der Waals surface area contributed by atoms with Crippen LogP contribution in [0.4, 0.5) is 4.39 Å². The third-order valence-corrected chi connectivity index (χ3v) is 2.59. The molecular weight excluding hydrogens is 263 g/mol. The van der Waals surface area contributed by atoms with E-state index in [1.807, 2.05) is 13.8 Å². The van der Waals surface area contributed by atoms with Gasteiger partial charge < -0.3 is 14.6 Å². The van der Waals surface area contributed by atoms with Crippen molar-refractivity contribution in [3.63, 3.8) is 0 Å². The number of rotatable bonds is 8. The lowest BCUT2D eigenvalue weighted by Gasteiger charge is -2.14. The lowest BCUT2D eigenvalue weighted by atomic mass is 10.1. The highest BCUT2D eigenvalue weighted by molar-refractivity contribution is 5.85. The lowest BCUT2D eigenvalue weighted by Crippen LogP contribution is -2.16. The van der Waals surface area contributed by atoms with Crippen LogP contribution in [0.25, 0.3) is 6.08 Å². The first-order chi connectivity index (χ1) is 9.52. The second-order valence-electron chi connectivity index (χ2n) is 4.30. The predicted octanol–water partition coefficient (Wildman–Crippen LogP) is 2.87. The SMILES string of the molecule is CCOCC(C)OCc1ccc(F)cc1/C=C/C(=O)O. The highest BCUT2D eigenvalue weighted by atomic mass is 19.1. The monoisotopic (exact) mass is 282 g/mol. The summed E-state index contributed by atoms with van der Waals surface area (Å²) in [5.41, 5.74) is 1.23. The molecule has 4 nitrogen and oxygen atoms in total. The molecule has 110 valence electrons. The summed E-state index contributed by atoms with van der Waals surface area (Å²) in [6, 6.07) is 4.19. The number of ether oxygens (including phenoxy) is 2. The molecular formula is C15H19FO4. The van der Waals surface area contributed by atoms with E-state index >= 15 is 0 Å². The fourth-order valence-electron chi connectivity index (χ4n) is 1.58. The summed E-state index contributed by atoms with van der Waals surface area (Å²) in [4.78, 5) is 10.5. The summed E-state index contributed by atoms with van der Waals surface area (Å²) in [5, 5.41) is 8.62. The molecule has 1 aromatic carbocycles. The first-order valence-electron chi connectivity index (χ1n) is 6.41. The van der Waals surface area contributed by atoms with Crippen LogP contribution in [0, 0.1) is 5.82 Å². The summed E-state index contributed by atoms with van der Waals surface area (Å²) in [6.45, 7) is 5.16. The quantitative estimate of drug-likeness (QED) is 0.745. The minimum Gasteiger partial charge on any atom is -0.478 e. The van der Waals surface area contributed by atoms with Crippen LogP contribution in [0.3, 0.4) is 0 Å². The van der Waals surface area contributed by atoms with E-state index < -0.39 is 11.8 Å². The van der Waals surface area contributed by atoms with Gasteiger partial charge in [-0.3, -0.25) is 0 Å². The largest absolute Gasteiger partial charge is 0.478 e. The molecule has 0 saturated heterocycles. The van der Waals surface area contributed by atoms with Gasteiger partial charge in [-0.25, -0.2) is 9.18 Å². The van der Waals surface area contributed by atoms with Gasteiger partial charge in [0.2, 0.25) is 0 Å². The number of hydrogen-bond acceptors (Lipinski definition) is 3. The number of aliphatic carboxylic acids is 1. The number of carboxylic acids is 1. The van der Waals surface area contributed by atoms with E-state index in [1.165, 1.54) is 18.2 Å². The second-order valence-corrected chi connectivity index (χ2v) is 4.30. The molecule has 5 heteroatoms. The molecule has 20 heavy (non-hydrogen) atoms. The van der Waals surface area contributed by atoms with Gasteiger partial charge in [0, 0.05) is 12.7 Å². The minimum atomic E-state index is -1.08. The Kier molecular flexibility index (Phi) is 6.90. The van der Waals surface area contributed by atoms with Crippen molar-refractivity contribution in [2.45, 2.75) is 26.6 Å². The van der Waals surface area contributed by atoms with Crippen molar-refractivity contribution in [1.29, 1.82) is 0 Å². The molecule has 1 atom stereocenters. The van der Waals surface area contributed by atoms with Crippen LogP contribution in [-0.4, -0.2) is 30.4 Å². The molecule has 1 rings (SSSR count). The molecule has 0 fully saturated rings. The lowest BCUT2D eigenvalue weighted by molar-refractivity contribution is -0.131. The third-order valence-electron chi connectivity index (χ3n) is 2.59. The van der Waals surface area contributed by atoms with Crippen molar-refractivity contribution in [3.8, 4) is 0 Å². The molecule has 0 aromatic heterocycles. The maximum absolute atomic E-state index is 13.2. The third kappa shape index (κ3) is 5.95. The Morgan fingerprint density at radius 2 is 2.25 bits per heavy atom. The first kappa shape index (κ1) is 16.3. The van der Waals surface area contributed by atoms with Crippen LogP contribution >= 0.6 is 0 Å². The molecule has 0 aliphatic carbocycles. The van der Waals surface area contributed by atoms with Crippen molar-refractivity contribution in [3.05, 3.63) is 41.2 Å². The number of halogens is 1. The number of carbonyl (C=O) groups is 1. The standard InChI is InChI=1S/C15H19FO4/c1-3-19-9-11(2)20-10-13-4-6-14(16)8-12(13)5-7-15(17)18/h4-8,11H,3,9-10H2,1-2H3,(H,17,18)/b7-5+. The Labute approximate surface area is 117 Å². The van der Waals surface area contributed by atoms with Crippen LogP contribution in [0.1, 0.15) is 25.0 Å². The van der Waals surface area contributed by atoms with E-state index in [0.717, 1.165) is 11.6 Å². The van der Waals surface area contributed by atoms with Crippen molar-refractivity contribution >= 4 is 12.0 Å². The van der Waals surface area contributed by atoms with Gasteiger partial charge in [0.1, 0.15) is 5.82 Å². The fraction of sp³-hybridized carbons (Fsp3) is 0.400. The van der Waals surface area contributed by atoms with E-state index in [1.54, 1.807) is 6.07 Å². The second kappa shape index (κ2) is 8.45. The Balaban J connectivity index is 2.71. The maximum atomic E-state index is 13.2. The van der Waals surface area contributed by atoms with Crippen LogP contribution in [0.2, 0.25) is 0 Å². The molecule has 1 N–H and O–H groups in total. The summed E-state index contributed by atoms with van der Waals surface area (Å²) in [6.07, 6.45) is 2.25. The Morgan fingerprint density at radius 3 is 2.90 bits per heavy atom. The van der Waals surface area contributed by atoms with Gasteiger partial charge in [-0.1, -0.05) is 6.07 Å². The maximum Gasteiger partial charge on any atom is 0.328 e. The van der Waals surface area contributed by atoms with Gasteiger partial charge >= 0.3 is 5.97 Å². The molecule has 0 bridgehead atoms. The first-order valence-corrected chi connectivity index (χ1v) is 6.41. The zero-order valence-electron chi connectivity index (χ0n) is 11.6. The number of carboxylic acid groups (broad SMARTS) is 1. The van der Waals surface area contributed by atoms with Crippen molar-refractivity contribution in [2.75, 3.05) is 13.2 Å². The molecule has 0 spiro atoms. The smallest absolute Gasteiger partial charge is 0.328 e. The van der Waals surface area contributed by atoms with Gasteiger partial charge in [-0.15, -0.1) is 0 Å². The van der Waals surface area contributed by atoms with Gasteiger partial charge in [0.25, 0.3) is 0 Å². The topological polar surface area (TPSA) is 55.8 Å². The van der Waals surface area contributed by atoms with Gasteiger partial charge in [0.15, 0.2) is 0 Å². The van der Waals surface area contributed by atoms with Crippen molar-refractivity contribution in [1.82, 2.24) is 0 Å². The van der Waals surface area contributed by atoms with E-state index in [4.69, 9.17) is 14.6 Å². The molecule has 0 aliphatic heterocycles. The average Bonchev–Trinajstić information content (AvgIpc) is 2.41. The van der Waals surface area contributed by atoms with E-state index in [2.05, 4.69) is 0 Å². The van der Waals surface area contributed by atoms with Crippen molar-refractivity contribution in [2.24, 2.45) is 0 Å². The van der Waals surface area contributed by atoms with Crippen LogP contribution in [0.5, 0.6) is 0 Å². The summed E-state index contributed by atoms with van der Waals surface area (Å²) in [7, 11) is 0. The Bertz CT molecular complexity index is 471. The van der Waals surface area contributed by atoms with Crippen LogP contribution in [0.15, 0.2) is 24.3 Å². The number of benzene rings is 1. The highest BCUT2D eigenvalue weighted by Crippen LogP contribution is 2.15. The molecule has 1 unspecified atom stereocenters. The fourth-order valence-corrected chi connectivity index (χ4v) is 1.58. The molecule has 0 saturated carbocycles. The minimum absolute atomic E-state index is 0.0868. The predicted molar refractivity (Wildman–Crippen MR) is 73.8 cm³/mol. The van der Waals surface area contributed by atoms with E-state index in [0.29, 0.717) is 18.8 Å². The Morgan fingerprint density at radius 1 is 1.50 bits per heavy atom. The van der Waals surface area contributed by atoms with Gasteiger partial charge in [-0.05, 0) is 43.2 Å². The number of hydrogen-bond donors (Lipinski definition) is 1. The average molecular weight is 282 g/mol.